The lowest BCUT2D eigenvalue weighted by Crippen LogP contribution is -2.37. The van der Waals surface area contributed by atoms with Gasteiger partial charge in [0.05, 0.1) is 11.0 Å². The predicted molar refractivity (Wildman–Crippen MR) is 102 cm³/mol. The van der Waals surface area contributed by atoms with Crippen LogP contribution in [0.15, 0.2) is 82.9 Å². The fourth-order valence-electron chi connectivity index (χ4n) is 3.51. The number of rotatable bonds is 1. The molecule has 5 rings (SSSR count). The molecule has 3 nitrogen and oxygen atoms in total. The minimum Gasteiger partial charge on any atom is -0.259 e. The highest BCUT2D eigenvalue weighted by molar-refractivity contribution is 6.07. The first-order valence-corrected chi connectivity index (χ1v) is 8.48. The Morgan fingerprint density at radius 1 is 0.680 bits per heavy atom. The average molecular weight is 323 g/mol. The van der Waals surface area contributed by atoms with Crippen molar-refractivity contribution in [1.82, 2.24) is 0 Å². The second kappa shape index (κ2) is 5.42. The van der Waals surface area contributed by atoms with Crippen LogP contribution < -0.4 is 15.7 Å². The number of benzene rings is 4. The first kappa shape index (κ1) is 14.2. The Labute approximate surface area is 145 Å². The van der Waals surface area contributed by atoms with Crippen molar-refractivity contribution in [1.29, 1.82) is 0 Å². The van der Waals surface area contributed by atoms with Crippen molar-refractivity contribution in [3.8, 4) is 0 Å². The summed E-state index contributed by atoms with van der Waals surface area (Å²) in [5.41, 5.74) is 2.31. The van der Waals surface area contributed by atoms with E-state index in [4.69, 9.17) is 10.1 Å². The Morgan fingerprint density at radius 2 is 1.24 bits per heavy atom. The zero-order valence-electron chi connectivity index (χ0n) is 14.0. The van der Waals surface area contributed by atoms with Crippen molar-refractivity contribution in [2.45, 2.75) is 6.92 Å². The summed E-state index contributed by atoms with van der Waals surface area (Å²) in [7, 11) is 0. The van der Waals surface area contributed by atoms with E-state index in [0.29, 0.717) is 6.67 Å². The SMILES string of the molecule is Cc1ccc(N2CN=c3c(c4ccccc4c4ccccc34)=N2)cc1. The number of hydrogen-bond donors (Lipinski definition) is 0. The molecule has 0 spiro atoms. The second-order valence-corrected chi connectivity index (χ2v) is 6.42. The highest BCUT2D eigenvalue weighted by atomic mass is 15.5. The molecule has 0 fully saturated rings. The van der Waals surface area contributed by atoms with Gasteiger partial charge in [0.2, 0.25) is 0 Å². The Morgan fingerprint density at radius 3 is 1.88 bits per heavy atom. The fraction of sp³-hybridized carbons (Fsp3) is 0.0909. The van der Waals surface area contributed by atoms with Gasteiger partial charge in [0, 0.05) is 10.8 Å². The summed E-state index contributed by atoms with van der Waals surface area (Å²) < 4.78 is 0. The first-order valence-electron chi connectivity index (χ1n) is 8.48. The van der Waals surface area contributed by atoms with E-state index < -0.39 is 0 Å². The standard InChI is InChI=1S/C22H17N3/c1-15-10-12-16(13-11-15)25-14-23-21-19-8-4-2-6-17(19)18-7-3-5-9-20(18)22(21)24-25/h2-13H,14H2,1H3. The maximum absolute atomic E-state index is 4.96. The van der Waals surface area contributed by atoms with E-state index in [1.165, 1.54) is 21.7 Å². The summed E-state index contributed by atoms with van der Waals surface area (Å²) in [6.45, 7) is 2.63. The summed E-state index contributed by atoms with van der Waals surface area (Å²) in [5, 5.41) is 13.7. The van der Waals surface area contributed by atoms with E-state index in [-0.39, 0.29) is 0 Å². The third-order valence-corrected chi connectivity index (χ3v) is 4.79. The summed E-state index contributed by atoms with van der Waals surface area (Å²) in [6, 6.07) is 25.3. The molecule has 120 valence electrons. The third kappa shape index (κ3) is 2.20. The summed E-state index contributed by atoms with van der Waals surface area (Å²) in [4.78, 5) is 4.88. The Kier molecular flexibility index (Phi) is 3.07. The summed E-state index contributed by atoms with van der Waals surface area (Å²) in [5.74, 6) is 0. The van der Waals surface area contributed by atoms with Gasteiger partial charge in [-0.3, -0.25) is 4.99 Å². The highest BCUT2D eigenvalue weighted by Crippen LogP contribution is 2.22. The first-order chi connectivity index (χ1) is 12.3. The summed E-state index contributed by atoms with van der Waals surface area (Å²) in [6.07, 6.45) is 0. The van der Waals surface area contributed by atoms with Gasteiger partial charge in [0.15, 0.2) is 0 Å². The van der Waals surface area contributed by atoms with E-state index in [0.717, 1.165) is 21.8 Å². The smallest absolute Gasteiger partial charge is 0.132 e. The van der Waals surface area contributed by atoms with E-state index >= 15 is 0 Å². The van der Waals surface area contributed by atoms with Gasteiger partial charge in [-0.1, -0.05) is 66.2 Å². The molecule has 25 heavy (non-hydrogen) atoms. The minimum absolute atomic E-state index is 0.540. The van der Waals surface area contributed by atoms with Crippen LogP contribution in [-0.2, 0) is 0 Å². The Bertz CT molecular complexity index is 1220. The molecule has 1 heterocycles. The molecule has 0 amide bonds. The lowest BCUT2D eigenvalue weighted by molar-refractivity contribution is 0.792. The molecular formula is C22H17N3. The molecule has 0 aliphatic carbocycles. The number of hydrogen-bond acceptors (Lipinski definition) is 3. The third-order valence-electron chi connectivity index (χ3n) is 4.79. The molecule has 1 aliphatic rings. The van der Waals surface area contributed by atoms with Crippen molar-refractivity contribution in [2.75, 3.05) is 11.7 Å². The molecular weight excluding hydrogens is 306 g/mol. The number of nitrogens with zero attached hydrogens (tertiary/aromatic N) is 3. The van der Waals surface area contributed by atoms with Crippen LogP contribution in [0.3, 0.4) is 0 Å². The van der Waals surface area contributed by atoms with E-state index in [9.17, 15) is 0 Å². The average Bonchev–Trinajstić information content (AvgIpc) is 2.68. The van der Waals surface area contributed by atoms with Crippen molar-refractivity contribution in [3.63, 3.8) is 0 Å². The Hall–Kier alpha value is -3.20. The minimum atomic E-state index is 0.540. The lowest BCUT2D eigenvalue weighted by atomic mass is 10.0. The molecule has 3 heteroatoms. The van der Waals surface area contributed by atoms with Gasteiger partial charge in [0.25, 0.3) is 0 Å². The van der Waals surface area contributed by atoms with Gasteiger partial charge in [-0.05, 0) is 29.8 Å². The number of aryl methyl sites for hydroxylation is 1. The van der Waals surface area contributed by atoms with Gasteiger partial charge >= 0.3 is 0 Å². The predicted octanol–water partition coefficient (Wildman–Crippen LogP) is 3.93. The molecule has 0 N–H and O–H groups in total. The normalized spacial score (nSPS) is 13.4. The molecule has 0 bridgehead atoms. The van der Waals surface area contributed by atoms with Gasteiger partial charge in [-0.15, -0.1) is 0 Å². The molecule has 4 aromatic rings. The molecule has 0 radical (unpaired) electrons. The van der Waals surface area contributed by atoms with Crippen LogP contribution >= 0.6 is 0 Å². The van der Waals surface area contributed by atoms with Crippen LogP contribution in [0.4, 0.5) is 5.69 Å². The molecule has 0 saturated carbocycles. The maximum Gasteiger partial charge on any atom is 0.132 e. The van der Waals surface area contributed by atoms with Gasteiger partial charge in [-0.2, -0.15) is 5.10 Å². The fourth-order valence-corrected chi connectivity index (χ4v) is 3.51. The van der Waals surface area contributed by atoms with E-state index in [2.05, 4.69) is 79.7 Å². The topological polar surface area (TPSA) is 28.0 Å². The quantitative estimate of drug-likeness (QED) is 0.488. The van der Waals surface area contributed by atoms with Crippen LogP contribution in [0, 0.1) is 6.92 Å². The van der Waals surface area contributed by atoms with Gasteiger partial charge in [0.1, 0.15) is 12.0 Å². The van der Waals surface area contributed by atoms with Crippen LogP contribution in [0.5, 0.6) is 0 Å². The molecule has 0 unspecified atom stereocenters. The molecule has 4 aromatic carbocycles. The zero-order chi connectivity index (χ0) is 16.8. The van der Waals surface area contributed by atoms with Crippen molar-refractivity contribution < 1.29 is 0 Å². The zero-order valence-corrected chi connectivity index (χ0v) is 14.0. The van der Waals surface area contributed by atoms with Crippen molar-refractivity contribution in [2.24, 2.45) is 10.1 Å². The molecule has 1 aliphatic heterocycles. The number of anilines is 1. The molecule has 0 saturated heterocycles. The van der Waals surface area contributed by atoms with Gasteiger partial charge in [-0.25, -0.2) is 5.01 Å². The second-order valence-electron chi connectivity index (χ2n) is 6.42. The van der Waals surface area contributed by atoms with E-state index in [1.807, 2.05) is 5.01 Å². The van der Waals surface area contributed by atoms with Crippen molar-refractivity contribution in [3.05, 3.63) is 89.1 Å². The van der Waals surface area contributed by atoms with Gasteiger partial charge < -0.3 is 0 Å². The number of fused-ring (bicyclic) bond motifs is 6. The van der Waals surface area contributed by atoms with Crippen LogP contribution in [0.2, 0.25) is 0 Å². The monoisotopic (exact) mass is 323 g/mol. The van der Waals surface area contributed by atoms with Crippen molar-refractivity contribution >= 4 is 27.2 Å². The Balaban J connectivity index is 1.86. The summed E-state index contributed by atoms with van der Waals surface area (Å²) >= 11 is 0. The molecule has 0 atom stereocenters. The lowest BCUT2D eigenvalue weighted by Gasteiger charge is -2.20. The molecule has 0 aromatic heterocycles. The highest BCUT2D eigenvalue weighted by Gasteiger charge is 2.13. The maximum atomic E-state index is 4.96. The largest absolute Gasteiger partial charge is 0.259 e. The van der Waals surface area contributed by atoms with Crippen LogP contribution in [0.1, 0.15) is 5.56 Å². The van der Waals surface area contributed by atoms with Crippen LogP contribution in [0.25, 0.3) is 21.5 Å². The van der Waals surface area contributed by atoms with Crippen LogP contribution in [-0.4, -0.2) is 6.67 Å². The van der Waals surface area contributed by atoms with E-state index in [1.54, 1.807) is 0 Å².